The summed E-state index contributed by atoms with van der Waals surface area (Å²) in [4.78, 5) is 34.8. The molecule has 3 aromatic rings. The van der Waals surface area contributed by atoms with Crippen molar-refractivity contribution in [2.24, 2.45) is 0 Å². The topological polar surface area (TPSA) is 87.2 Å². The first-order valence-electron chi connectivity index (χ1n) is 9.75. The van der Waals surface area contributed by atoms with Crippen molar-refractivity contribution in [1.29, 1.82) is 0 Å². The zero-order valence-corrected chi connectivity index (χ0v) is 16.0. The van der Waals surface area contributed by atoms with Gasteiger partial charge in [0.1, 0.15) is 0 Å². The molecule has 0 saturated carbocycles. The number of carbonyl (C=O) groups excluding carboxylic acids is 2. The van der Waals surface area contributed by atoms with Gasteiger partial charge in [-0.15, -0.1) is 0 Å². The molecule has 0 spiro atoms. The molecule has 7 nitrogen and oxygen atoms in total. The number of hydrogen-bond acceptors (Lipinski definition) is 5. The average molecular weight is 389 g/mol. The molecular formula is C22H23N5O2. The number of pyridine rings is 2. The molecule has 2 aromatic heterocycles. The van der Waals surface area contributed by atoms with Crippen molar-refractivity contribution in [1.82, 2.24) is 25.5 Å². The Morgan fingerprint density at radius 1 is 1.07 bits per heavy atom. The van der Waals surface area contributed by atoms with E-state index in [4.69, 9.17) is 0 Å². The third kappa shape index (κ3) is 4.94. The standard InChI is InChI=1S/C22H23N5O2/c28-21(18-4-1-9-23-14-18)26-22(29)25-19-7-11-27(12-8-19)15-16-5-6-20-17(13-16)3-2-10-24-20/h1-6,9-10,13-14,19H,7-8,11-12,15H2,(H2,25,26,28,29). The Hall–Kier alpha value is -3.32. The molecule has 1 saturated heterocycles. The van der Waals surface area contributed by atoms with Crippen LogP contribution in [0.3, 0.4) is 0 Å². The summed E-state index contributed by atoms with van der Waals surface area (Å²) in [5.74, 6) is -0.446. The van der Waals surface area contributed by atoms with Crippen molar-refractivity contribution in [2.45, 2.75) is 25.4 Å². The number of benzene rings is 1. The van der Waals surface area contributed by atoms with E-state index in [1.165, 1.54) is 11.8 Å². The molecule has 0 bridgehead atoms. The highest BCUT2D eigenvalue weighted by atomic mass is 16.2. The van der Waals surface area contributed by atoms with Gasteiger partial charge in [-0.25, -0.2) is 4.79 Å². The van der Waals surface area contributed by atoms with Crippen LogP contribution in [0.1, 0.15) is 28.8 Å². The Morgan fingerprint density at radius 2 is 1.90 bits per heavy atom. The van der Waals surface area contributed by atoms with Crippen LogP contribution in [0.2, 0.25) is 0 Å². The number of piperidine rings is 1. The summed E-state index contributed by atoms with van der Waals surface area (Å²) < 4.78 is 0. The molecule has 1 aromatic carbocycles. The molecule has 148 valence electrons. The number of rotatable bonds is 4. The number of amides is 3. The van der Waals surface area contributed by atoms with Crippen LogP contribution in [0.4, 0.5) is 4.79 Å². The summed E-state index contributed by atoms with van der Waals surface area (Å²) in [5, 5.41) is 6.41. The van der Waals surface area contributed by atoms with Crippen LogP contribution >= 0.6 is 0 Å². The molecule has 29 heavy (non-hydrogen) atoms. The van der Waals surface area contributed by atoms with E-state index in [1.54, 1.807) is 24.5 Å². The fraction of sp³-hybridized carbons (Fsp3) is 0.273. The predicted molar refractivity (Wildman–Crippen MR) is 110 cm³/mol. The Balaban J connectivity index is 1.24. The second-order valence-corrected chi connectivity index (χ2v) is 7.25. The number of urea groups is 1. The molecule has 0 unspecified atom stereocenters. The molecule has 0 atom stereocenters. The van der Waals surface area contributed by atoms with Crippen LogP contribution in [0.5, 0.6) is 0 Å². The highest BCUT2D eigenvalue weighted by molar-refractivity contribution is 6.04. The quantitative estimate of drug-likeness (QED) is 0.716. The van der Waals surface area contributed by atoms with E-state index in [-0.39, 0.29) is 6.04 Å². The summed E-state index contributed by atoms with van der Waals surface area (Å²) in [7, 11) is 0. The van der Waals surface area contributed by atoms with E-state index in [2.05, 4.69) is 49.8 Å². The van der Waals surface area contributed by atoms with Crippen molar-refractivity contribution < 1.29 is 9.59 Å². The lowest BCUT2D eigenvalue weighted by Crippen LogP contribution is -2.49. The third-order valence-electron chi connectivity index (χ3n) is 5.15. The van der Waals surface area contributed by atoms with Crippen LogP contribution in [-0.2, 0) is 6.54 Å². The number of imide groups is 1. The van der Waals surface area contributed by atoms with Crippen molar-refractivity contribution in [3.8, 4) is 0 Å². The molecule has 1 aliphatic rings. The number of aromatic nitrogens is 2. The largest absolute Gasteiger partial charge is 0.335 e. The van der Waals surface area contributed by atoms with Gasteiger partial charge in [-0.05, 0) is 48.7 Å². The van der Waals surface area contributed by atoms with Gasteiger partial charge in [0.2, 0.25) is 0 Å². The van der Waals surface area contributed by atoms with Crippen LogP contribution in [0, 0.1) is 0 Å². The smallest absolute Gasteiger partial charge is 0.321 e. The van der Waals surface area contributed by atoms with Gasteiger partial charge in [0.05, 0.1) is 11.1 Å². The molecule has 1 aliphatic heterocycles. The van der Waals surface area contributed by atoms with E-state index in [0.717, 1.165) is 43.4 Å². The molecule has 7 heteroatoms. The number of nitrogens with one attached hydrogen (secondary N) is 2. The number of carbonyl (C=O) groups is 2. The van der Waals surface area contributed by atoms with Gasteiger partial charge in [-0.3, -0.25) is 25.0 Å². The number of fused-ring (bicyclic) bond motifs is 1. The average Bonchev–Trinajstić information content (AvgIpc) is 2.75. The van der Waals surface area contributed by atoms with E-state index in [9.17, 15) is 9.59 Å². The zero-order valence-electron chi connectivity index (χ0n) is 16.0. The summed E-state index contributed by atoms with van der Waals surface area (Å²) in [6.07, 6.45) is 6.52. The van der Waals surface area contributed by atoms with Crippen molar-refractivity contribution >= 4 is 22.8 Å². The molecule has 0 aliphatic carbocycles. The second kappa shape index (κ2) is 8.79. The molecule has 3 heterocycles. The third-order valence-corrected chi connectivity index (χ3v) is 5.15. The lowest BCUT2D eigenvalue weighted by Gasteiger charge is -2.32. The SMILES string of the molecule is O=C(NC(=O)c1cccnc1)NC1CCN(Cc2ccc3ncccc3c2)CC1. The molecule has 2 N–H and O–H groups in total. The fourth-order valence-electron chi connectivity index (χ4n) is 3.61. The van der Waals surface area contributed by atoms with E-state index in [0.29, 0.717) is 5.56 Å². The molecule has 4 rings (SSSR count). The highest BCUT2D eigenvalue weighted by Crippen LogP contribution is 2.17. The monoisotopic (exact) mass is 389 g/mol. The first kappa shape index (κ1) is 19.0. The maximum absolute atomic E-state index is 12.1. The minimum Gasteiger partial charge on any atom is -0.335 e. The molecular weight excluding hydrogens is 366 g/mol. The zero-order chi connectivity index (χ0) is 20.1. The van der Waals surface area contributed by atoms with Crippen LogP contribution in [-0.4, -0.2) is 45.9 Å². The van der Waals surface area contributed by atoms with Gasteiger partial charge in [-0.1, -0.05) is 12.1 Å². The Kier molecular flexibility index (Phi) is 5.76. The molecule has 1 fully saturated rings. The number of likely N-dealkylation sites (tertiary alicyclic amines) is 1. The summed E-state index contributed by atoms with van der Waals surface area (Å²) in [6, 6.07) is 13.3. The van der Waals surface area contributed by atoms with Crippen molar-refractivity contribution in [2.75, 3.05) is 13.1 Å². The van der Waals surface area contributed by atoms with Crippen LogP contribution in [0.15, 0.2) is 61.1 Å². The van der Waals surface area contributed by atoms with Crippen molar-refractivity contribution in [3.63, 3.8) is 0 Å². The van der Waals surface area contributed by atoms with Gasteiger partial charge in [-0.2, -0.15) is 0 Å². The first-order chi connectivity index (χ1) is 14.2. The van der Waals surface area contributed by atoms with Gasteiger partial charge in [0, 0.05) is 49.7 Å². The maximum Gasteiger partial charge on any atom is 0.321 e. The van der Waals surface area contributed by atoms with Gasteiger partial charge < -0.3 is 5.32 Å². The summed E-state index contributed by atoms with van der Waals surface area (Å²) in [6.45, 7) is 2.67. The molecule has 0 radical (unpaired) electrons. The minimum absolute atomic E-state index is 0.0637. The lowest BCUT2D eigenvalue weighted by molar-refractivity contribution is 0.0961. The minimum atomic E-state index is -0.459. The maximum atomic E-state index is 12.1. The van der Waals surface area contributed by atoms with Crippen LogP contribution < -0.4 is 10.6 Å². The van der Waals surface area contributed by atoms with Gasteiger partial charge in [0.25, 0.3) is 5.91 Å². The van der Waals surface area contributed by atoms with Gasteiger partial charge >= 0.3 is 6.03 Å². The van der Waals surface area contributed by atoms with Gasteiger partial charge in [0.15, 0.2) is 0 Å². The lowest BCUT2D eigenvalue weighted by atomic mass is 10.0. The Bertz CT molecular complexity index is 1000. The van der Waals surface area contributed by atoms with E-state index in [1.807, 2.05) is 6.07 Å². The van der Waals surface area contributed by atoms with E-state index >= 15 is 0 Å². The van der Waals surface area contributed by atoms with Crippen LogP contribution in [0.25, 0.3) is 10.9 Å². The number of nitrogens with zero attached hydrogens (tertiary/aromatic N) is 3. The summed E-state index contributed by atoms with van der Waals surface area (Å²) >= 11 is 0. The normalized spacial score (nSPS) is 15.2. The Morgan fingerprint density at radius 3 is 2.69 bits per heavy atom. The fourth-order valence-corrected chi connectivity index (χ4v) is 3.61. The second-order valence-electron chi connectivity index (χ2n) is 7.25. The number of hydrogen-bond donors (Lipinski definition) is 2. The molecule has 3 amide bonds. The predicted octanol–water partition coefficient (Wildman–Crippen LogP) is 2.73. The first-order valence-corrected chi connectivity index (χ1v) is 9.75. The Labute approximate surface area is 169 Å². The highest BCUT2D eigenvalue weighted by Gasteiger charge is 2.21. The summed E-state index contributed by atoms with van der Waals surface area (Å²) in [5.41, 5.74) is 2.63. The van der Waals surface area contributed by atoms with Crippen molar-refractivity contribution in [3.05, 3.63) is 72.2 Å². The van der Waals surface area contributed by atoms with E-state index < -0.39 is 11.9 Å².